The Hall–Kier alpha value is -4.63. The van der Waals surface area contributed by atoms with Gasteiger partial charge in [0, 0.05) is 19.4 Å². The minimum Gasteiger partial charge on any atom is -0.462 e. The Morgan fingerprint density at radius 3 is 0.928 bits per heavy atom. The molecule has 3 N–H and O–H groups in total. The molecule has 0 aliphatic carbocycles. The molecule has 0 saturated carbocycles. The summed E-state index contributed by atoms with van der Waals surface area (Å²) in [7, 11) is -4.41. The van der Waals surface area contributed by atoms with Gasteiger partial charge >= 0.3 is 19.8 Å². The zero-order valence-electron chi connectivity index (χ0n) is 52.4. The van der Waals surface area contributed by atoms with Crippen molar-refractivity contribution in [2.75, 3.05) is 26.4 Å². The van der Waals surface area contributed by atoms with E-state index in [4.69, 9.17) is 24.3 Å². The summed E-state index contributed by atoms with van der Waals surface area (Å²) in [5.41, 5.74) is 5.39. The highest BCUT2D eigenvalue weighted by molar-refractivity contribution is 7.47. The Morgan fingerprint density at radius 2 is 0.627 bits per heavy atom. The van der Waals surface area contributed by atoms with Crippen LogP contribution < -0.4 is 5.73 Å². The summed E-state index contributed by atoms with van der Waals surface area (Å²) in [6.07, 6.45) is 98.4. The number of phosphoric ester groups is 1. The number of rotatable bonds is 59. The Bertz CT molecular complexity index is 1960. The Kier molecular flexibility index (Phi) is 62.8. The first-order valence-electron chi connectivity index (χ1n) is 32.6. The number of hydrogen-bond acceptors (Lipinski definition) is 8. The molecule has 468 valence electrons. The van der Waals surface area contributed by atoms with Crippen LogP contribution in [0.15, 0.2) is 170 Å². The third-order valence-corrected chi connectivity index (χ3v) is 14.1. The van der Waals surface area contributed by atoms with Gasteiger partial charge in [0.25, 0.3) is 0 Å². The van der Waals surface area contributed by atoms with Crippen molar-refractivity contribution in [3.63, 3.8) is 0 Å². The first kappa shape index (κ1) is 78.4. The highest BCUT2D eigenvalue weighted by atomic mass is 31.2. The van der Waals surface area contributed by atoms with Crippen LogP contribution in [0.2, 0.25) is 0 Å². The number of unbranched alkanes of at least 4 members (excludes halogenated alkanes) is 18. The highest BCUT2D eigenvalue weighted by Gasteiger charge is 2.26. The van der Waals surface area contributed by atoms with Crippen LogP contribution in [0.4, 0.5) is 0 Å². The van der Waals surface area contributed by atoms with Crippen LogP contribution in [0, 0.1) is 0 Å². The molecule has 2 atom stereocenters. The Labute approximate surface area is 508 Å². The van der Waals surface area contributed by atoms with Crippen LogP contribution in [0.5, 0.6) is 0 Å². The topological polar surface area (TPSA) is 134 Å². The molecule has 0 rings (SSSR count). The van der Waals surface area contributed by atoms with E-state index in [1.54, 1.807) is 0 Å². The zero-order valence-corrected chi connectivity index (χ0v) is 53.3. The van der Waals surface area contributed by atoms with Gasteiger partial charge < -0.3 is 20.1 Å². The van der Waals surface area contributed by atoms with E-state index >= 15 is 0 Å². The van der Waals surface area contributed by atoms with Gasteiger partial charge in [-0.15, -0.1) is 0 Å². The lowest BCUT2D eigenvalue weighted by atomic mass is 10.1. The maximum Gasteiger partial charge on any atom is 0.472 e. The predicted molar refractivity (Wildman–Crippen MR) is 357 cm³/mol. The number of nitrogens with two attached hydrogens (primary N) is 1. The average molecular weight is 1170 g/mol. The van der Waals surface area contributed by atoms with E-state index in [0.29, 0.717) is 6.42 Å². The number of carbonyl (C=O) groups is 2. The number of esters is 2. The molecule has 0 radical (unpaired) electrons. The molecule has 0 fully saturated rings. The molecule has 83 heavy (non-hydrogen) atoms. The first-order valence-corrected chi connectivity index (χ1v) is 34.1. The summed E-state index contributed by atoms with van der Waals surface area (Å²) >= 11 is 0. The smallest absolute Gasteiger partial charge is 0.462 e. The monoisotopic (exact) mass is 1170 g/mol. The number of hydrogen-bond donors (Lipinski definition) is 2. The number of carbonyl (C=O) groups excluding carboxylic acids is 2. The minimum atomic E-state index is -4.41. The van der Waals surface area contributed by atoms with E-state index in [1.165, 1.54) is 64.2 Å². The minimum absolute atomic E-state index is 0.0427. The normalized spacial score (nSPS) is 14.1. The third kappa shape index (κ3) is 66.4. The molecular formula is C73H118NO8P. The van der Waals surface area contributed by atoms with Gasteiger partial charge in [-0.2, -0.15) is 0 Å². The first-order chi connectivity index (χ1) is 40.8. The summed E-state index contributed by atoms with van der Waals surface area (Å²) in [6, 6.07) is 0. The highest BCUT2D eigenvalue weighted by Crippen LogP contribution is 2.43. The second-order valence-corrected chi connectivity index (χ2v) is 22.3. The lowest BCUT2D eigenvalue weighted by Crippen LogP contribution is -2.29. The van der Waals surface area contributed by atoms with Crippen molar-refractivity contribution in [1.29, 1.82) is 0 Å². The summed E-state index contributed by atoms with van der Waals surface area (Å²) in [5, 5.41) is 0. The van der Waals surface area contributed by atoms with Crippen LogP contribution >= 0.6 is 7.82 Å². The van der Waals surface area contributed by atoms with E-state index in [1.807, 2.05) is 0 Å². The number of allylic oxidation sites excluding steroid dienone is 28. The fourth-order valence-corrected chi connectivity index (χ4v) is 9.13. The summed E-state index contributed by atoms with van der Waals surface area (Å²) in [5.74, 6) is -0.852. The molecule has 10 heteroatoms. The molecule has 0 saturated heterocycles. The van der Waals surface area contributed by atoms with Crippen LogP contribution in [-0.2, 0) is 32.7 Å². The van der Waals surface area contributed by atoms with Gasteiger partial charge in [0.15, 0.2) is 6.10 Å². The molecule has 0 amide bonds. The average Bonchev–Trinajstić information content (AvgIpc) is 3.49. The standard InChI is InChI=1S/C73H118NO8P/c1-3-5-7-9-11-13-15-17-19-21-23-25-27-29-30-31-32-33-34-35-36-37-38-39-40-42-44-46-48-50-52-54-56-58-60-62-64-66-73(76)82-71(70-81-83(77,78)80-68-67-74)69-79-72(75)65-63-61-59-57-55-53-51-49-47-45-43-41-28-26-24-22-20-18-16-14-12-10-8-6-4-2/h5-8,11-14,17-20,23-26,29-30,32-33,35-36,38-39,41-44,71H,3-4,9-10,15-16,21-22,27-28,31,34,37,40,45-70,74H2,1-2H3,(H,77,78)/b7-5-,8-6-,13-11-,14-12-,19-17-,20-18-,25-23-,26-24-,30-29-,33-32-,36-35-,39-38-,43-41-,44-42-. The molecule has 0 aromatic rings. The van der Waals surface area contributed by atoms with Crippen molar-refractivity contribution in [2.24, 2.45) is 5.73 Å². The van der Waals surface area contributed by atoms with Crippen molar-refractivity contribution in [1.82, 2.24) is 0 Å². The van der Waals surface area contributed by atoms with Gasteiger partial charge in [0.2, 0.25) is 0 Å². The van der Waals surface area contributed by atoms with Crippen molar-refractivity contribution in [2.45, 2.75) is 251 Å². The Balaban J connectivity index is 4.01. The largest absolute Gasteiger partial charge is 0.472 e. The summed E-state index contributed by atoms with van der Waals surface area (Å²) in [4.78, 5) is 35.3. The molecule has 9 nitrogen and oxygen atoms in total. The van der Waals surface area contributed by atoms with E-state index < -0.39 is 32.5 Å². The van der Waals surface area contributed by atoms with E-state index in [2.05, 4.69) is 184 Å². The van der Waals surface area contributed by atoms with E-state index in [-0.39, 0.29) is 32.6 Å². The Morgan fingerprint density at radius 1 is 0.361 bits per heavy atom. The van der Waals surface area contributed by atoms with Gasteiger partial charge in [-0.1, -0.05) is 274 Å². The lowest BCUT2D eigenvalue weighted by Gasteiger charge is -2.19. The van der Waals surface area contributed by atoms with E-state index in [0.717, 1.165) is 148 Å². The zero-order chi connectivity index (χ0) is 60.1. The molecular weight excluding hydrogens is 1050 g/mol. The van der Waals surface area contributed by atoms with E-state index in [9.17, 15) is 19.0 Å². The van der Waals surface area contributed by atoms with Crippen molar-refractivity contribution >= 4 is 19.8 Å². The van der Waals surface area contributed by atoms with Gasteiger partial charge in [-0.05, 0) is 128 Å². The molecule has 0 aromatic heterocycles. The summed E-state index contributed by atoms with van der Waals surface area (Å²) < 4.78 is 33.1. The van der Waals surface area contributed by atoms with Crippen molar-refractivity contribution in [3.8, 4) is 0 Å². The van der Waals surface area contributed by atoms with Gasteiger partial charge in [0.05, 0.1) is 13.2 Å². The predicted octanol–water partition coefficient (Wildman–Crippen LogP) is 21.4. The van der Waals surface area contributed by atoms with Crippen LogP contribution in [0.25, 0.3) is 0 Å². The maximum absolute atomic E-state index is 12.8. The molecule has 0 spiro atoms. The molecule has 0 aliphatic rings. The molecule has 2 unspecified atom stereocenters. The van der Waals surface area contributed by atoms with Crippen molar-refractivity contribution < 1.29 is 37.6 Å². The second kappa shape index (κ2) is 66.5. The number of phosphoric acid groups is 1. The van der Waals surface area contributed by atoms with Gasteiger partial charge in [0.1, 0.15) is 6.61 Å². The lowest BCUT2D eigenvalue weighted by molar-refractivity contribution is -0.161. The second-order valence-electron chi connectivity index (χ2n) is 20.9. The maximum atomic E-state index is 12.8. The van der Waals surface area contributed by atoms with Gasteiger partial charge in [-0.3, -0.25) is 18.6 Å². The molecule has 0 aliphatic heterocycles. The quantitative estimate of drug-likeness (QED) is 0.0264. The molecule has 0 aromatic carbocycles. The number of ether oxygens (including phenoxy) is 2. The molecule has 0 bridgehead atoms. The molecule has 0 heterocycles. The SMILES string of the molecule is CC/C=C\C/C=C\C/C=C\C/C=C\C/C=C\C/C=C\C/C=C\C/C=C\C/C=C\CCCCCCCCCCCC(=O)OC(COC(=O)CCCCCCCCCCC/C=C\C/C=C\C/C=C\C/C=C\C/C=C\CC)COP(=O)(O)OCCN. The van der Waals surface area contributed by atoms with Gasteiger partial charge in [-0.25, -0.2) is 4.57 Å². The van der Waals surface area contributed by atoms with Crippen LogP contribution in [0.1, 0.15) is 245 Å². The third-order valence-electron chi connectivity index (χ3n) is 13.1. The van der Waals surface area contributed by atoms with Crippen molar-refractivity contribution in [3.05, 3.63) is 170 Å². The van der Waals surface area contributed by atoms with Crippen LogP contribution in [0.3, 0.4) is 0 Å². The summed E-state index contributed by atoms with van der Waals surface area (Å²) in [6.45, 7) is 3.49. The van der Waals surface area contributed by atoms with Crippen LogP contribution in [-0.4, -0.2) is 49.3 Å². The fraction of sp³-hybridized carbons (Fsp3) is 0.589. The fourth-order valence-electron chi connectivity index (χ4n) is 8.36.